The van der Waals surface area contributed by atoms with Crippen LogP contribution >= 0.6 is 11.6 Å². The first-order valence-corrected chi connectivity index (χ1v) is 11.2. The van der Waals surface area contributed by atoms with Gasteiger partial charge in [-0.3, -0.25) is 9.69 Å². The van der Waals surface area contributed by atoms with Crippen molar-refractivity contribution in [1.82, 2.24) is 9.80 Å². The summed E-state index contributed by atoms with van der Waals surface area (Å²) in [7, 11) is 0. The maximum atomic E-state index is 12.8. The highest BCUT2D eigenvalue weighted by Crippen LogP contribution is 2.30. The molecule has 1 saturated heterocycles. The van der Waals surface area contributed by atoms with Crippen LogP contribution in [0.3, 0.4) is 0 Å². The SMILES string of the molecule is O=C(c1ccoc1)N1CCN(CC(OCc2ccc(C(F)(F)F)cc2)c2ccc(Cl)cc2)CC1. The molecule has 1 unspecified atom stereocenters. The van der Waals surface area contributed by atoms with Gasteiger partial charge in [0.25, 0.3) is 5.91 Å². The second kappa shape index (κ2) is 10.6. The lowest BCUT2D eigenvalue weighted by Gasteiger charge is -2.36. The largest absolute Gasteiger partial charge is 0.472 e. The van der Waals surface area contributed by atoms with Gasteiger partial charge >= 0.3 is 6.18 Å². The minimum absolute atomic E-state index is 0.0544. The molecule has 1 fully saturated rings. The zero-order valence-electron chi connectivity index (χ0n) is 18.3. The quantitative estimate of drug-likeness (QED) is 0.426. The Morgan fingerprint density at radius 1 is 1.00 bits per heavy atom. The Bertz CT molecular complexity index is 1060. The third-order valence-corrected chi connectivity index (χ3v) is 6.08. The number of benzene rings is 2. The first kappa shape index (κ1) is 24.3. The van der Waals surface area contributed by atoms with E-state index in [-0.39, 0.29) is 18.6 Å². The van der Waals surface area contributed by atoms with Crippen molar-refractivity contribution in [1.29, 1.82) is 0 Å². The molecular formula is C25H24ClF3N2O3. The van der Waals surface area contributed by atoms with Crippen molar-refractivity contribution >= 4 is 17.5 Å². The predicted molar refractivity (Wildman–Crippen MR) is 121 cm³/mol. The number of carbonyl (C=O) groups is 1. The molecular weight excluding hydrogens is 469 g/mol. The number of carbonyl (C=O) groups excluding carboxylic acids is 1. The molecule has 3 aromatic rings. The normalized spacial score (nSPS) is 15.9. The van der Waals surface area contributed by atoms with E-state index in [1.165, 1.54) is 24.7 Å². The standard InChI is InChI=1S/C25H24ClF3N2O3/c26-22-7-3-19(4-8-22)23(34-16-18-1-5-21(6-2-18)25(27,28)29)15-30-10-12-31(13-11-30)24(32)20-9-14-33-17-20/h1-9,14,17,23H,10-13,15-16H2. The fourth-order valence-corrected chi connectivity index (χ4v) is 3.98. The van der Waals surface area contributed by atoms with Gasteiger partial charge in [0.05, 0.1) is 30.1 Å². The predicted octanol–water partition coefficient (Wildman–Crippen LogP) is 5.67. The van der Waals surface area contributed by atoms with Crippen molar-refractivity contribution in [3.63, 3.8) is 0 Å². The molecule has 2 heterocycles. The number of hydrogen-bond donors (Lipinski definition) is 0. The fourth-order valence-electron chi connectivity index (χ4n) is 3.86. The van der Waals surface area contributed by atoms with Crippen molar-refractivity contribution in [3.05, 3.63) is 94.4 Å². The molecule has 5 nitrogen and oxygen atoms in total. The number of alkyl halides is 3. The lowest BCUT2D eigenvalue weighted by molar-refractivity contribution is -0.137. The van der Waals surface area contributed by atoms with Crippen LogP contribution in [0.25, 0.3) is 0 Å². The van der Waals surface area contributed by atoms with Gasteiger partial charge in [0.1, 0.15) is 6.26 Å². The Kier molecular flexibility index (Phi) is 7.60. The van der Waals surface area contributed by atoms with E-state index >= 15 is 0 Å². The van der Waals surface area contributed by atoms with E-state index in [0.717, 1.165) is 17.7 Å². The van der Waals surface area contributed by atoms with Crippen LogP contribution in [0.1, 0.15) is 33.2 Å². The number of furan rings is 1. The molecule has 0 saturated carbocycles. The summed E-state index contributed by atoms with van der Waals surface area (Å²) in [5, 5.41) is 0.608. The van der Waals surface area contributed by atoms with Crippen LogP contribution in [0, 0.1) is 0 Å². The summed E-state index contributed by atoms with van der Waals surface area (Å²) in [6, 6.07) is 14.0. The third-order valence-electron chi connectivity index (χ3n) is 5.83. The summed E-state index contributed by atoms with van der Waals surface area (Å²) in [5.74, 6) is -0.0544. The van der Waals surface area contributed by atoms with E-state index < -0.39 is 11.7 Å². The van der Waals surface area contributed by atoms with E-state index in [4.69, 9.17) is 20.8 Å². The van der Waals surface area contributed by atoms with Crippen molar-refractivity contribution in [2.45, 2.75) is 18.9 Å². The molecule has 1 amide bonds. The minimum atomic E-state index is -4.37. The van der Waals surface area contributed by atoms with Crippen molar-refractivity contribution < 1.29 is 27.1 Å². The number of halogens is 4. The molecule has 0 N–H and O–H groups in total. The van der Waals surface area contributed by atoms with Gasteiger partial charge in [0, 0.05) is 37.7 Å². The van der Waals surface area contributed by atoms with E-state index in [0.29, 0.717) is 48.9 Å². The zero-order chi connectivity index (χ0) is 24.1. The van der Waals surface area contributed by atoms with Crippen LogP contribution in [0.4, 0.5) is 13.2 Å². The Morgan fingerprint density at radius 2 is 1.68 bits per heavy atom. The third kappa shape index (κ3) is 6.20. The van der Waals surface area contributed by atoms with E-state index in [1.807, 2.05) is 12.1 Å². The van der Waals surface area contributed by atoms with Gasteiger partial charge in [-0.15, -0.1) is 0 Å². The average molecular weight is 493 g/mol. The Balaban J connectivity index is 1.38. The average Bonchev–Trinajstić information content (AvgIpc) is 3.37. The van der Waals surface area contributed by atoms with Gasteiger partial charge in [-0.05, 0) is 41.5 Å². The Labute approximate surface area is 200 Å². The number of rotatable bonds is 7. The van der Waals surface area contributed by atoms with E-state index in [2.05, 4.69) is 4.90 Å². The number of nitrogens with zero attached hydrogens (tertiary/aromatic N) is 2. The molecule has 4 rings (SSSR count). The lowest BCUT2D eigenvalue weighted by Crippen LogP contribution is -2.49. The summed E-state index contributed by atoms with van der Waals surface area (Å²) >= 11 is 6.03. The van der Waals surface area contributed by atoms with Crippen molar-refractivity contribution in [2.24, 2.45) is 0 Å². The van der Waals surface area contributed by atoms with Gasteiger partial charge in [0.2, 0.25) is 0 Å². The van der Waals surface area contributed by atoms with Crippen LogP contribution in [0.15, 0.2) is 71.5 Å². The molecule has 1 aliphatic heterocycles. The molecule has 0 bridgehead atoms. The number of ether oxygens (including phenoxy) is 1. The molecule has 0 radical (unpaired) electrons. The van der Waals surface area contributed by atoms with Crippen molar-refractivity contribution in [3.8, 4) is 0 Å². The van der Waals surface area contributed by atoms with Gasteiger partial charge in [-0.25, -0.2) is 0 Å². The molecule has 34 heavy (non-hydrogen) atoms. The number of piperazine rings is 1. The Hall–Kier alpha value is -2.81. The summed E-state index contributed by atoms with van der Waals surface area (Å²) in [6.07, 6.45) is -1.75. The highest BCUT2D eigenvalue weighted by Gasteiger charge is 2.30. The maximum Gasteiger partial charge on any atom is 0.416 e. The van der Waals surface area contributed by atoms with Gasteiger partial charge in [-0.1, -0.05) is 35.9 Å². The molecule has 0 spiro atoms. The van der Waals surface area contributed by atoms with Crippen LogP contribution in [0.5, 0.6) is 0 Å². The second-order valence-electron chi connectivity index (χ2n) is 8.15. The van der Waals surface area contributed by atoms with Gasteiger partial charge in [-0.2, -0.15) is 13.2 Å². The van der Waals surface area contributed by atoms with Crippen LogP contribution in [0.2, 0.25) is 5.02 Å². The summed E-state index contributed by atoms with van der Waals surface area (Å²) in [4.78, 5) is 16.5. The highest BCUT2D eigenvalue weighted by molar-refractivity contribution is 6.30. The fraction of sp³-hybridized carbons (Fsp3) is 0.320. The van der Waals surface area contributed by atoms with Crippen molar-refractivity contribution in [2.75, 3.05) is 32.7 Å². The zero-order valence-corrected chi connectivity index (χ0v) is 19.1. The maximum absolute atomic E-state index is 12.8. The molecule has 9 heteroatoms. The molecule has 2 aromatic carbocycles. The van der Waals surface area contributed by atoms with Crippen LogP contribution in [-0.2, 0) is 17.5 Å². The monoisotopic (exact) mass is 492 g/mol. The summed E-state index contributed by atoms with van der Waals surface area (Å²) < 4.78 is 49.6. The lowest BCUT2D eigenvalue weighted by atomic mass is 10.1. The van der Waals surface area contributed by atoms with Crippen LogP contribution < -0.4 is 0 Å². The first-order chi connectivity index (χ1) is 16.3. The topological polar surface area (TPSA) is 45.9 Å². The molecule has 1 aromatic heterocycles. The molecule has 1 atom stereocenters. The van der Waals surface area contributed by atoms with E-state index in [1.54, 1.807) is 23.1 Å². The first-order valence-electron chi connectivity index (χ1n) is 10.9. The van der Waals surface area contributed by atoms with Crippen LogP contribution in [-0.4, -0.2) is 48.4 Å². The molecule has 1 aliphatic rings. The number of hydrogen-bond acceptors (Lipinski definition) is 4. The molecule has 0 aliphatic carbocycles. The van der Waals surface area contributed by atoms with E-state index in [9.17, 15) is 18.0 Å². The summed E-state index contributed by atoms with van der Waals surface area (Å²) in [5.41, 5.74) is 1.43. The van der Waals surface area contributed by atoms with Gasteiger partial charge in [0.15, 0.2) is 0 Å². The minimum Gasteiger partial charge on any atom is -0.472 e. The second-order valence-corrected chi connectivity index (χ2v) is 8.59. The molecule has 180 valence electrons. The Morgan fingerprint density at radius 3 is 2.26 bits per heavy atom. The highest BCUT2D eigenvalue weighted by atomic mass is 35.5. The number of amides is 1. The smallest absolute Gasteiger partial charge is 0.416 e. The summed E-state index contributed by atoms with van der Waals surface area (Å²) in [6.45, 7) is 3.27. The van der Waals surface area contributed by atoms with Gasteiger partial charge < -0.3 is 14.1 Å².